The Labute approximate surface area is 173 Å². The smallest absolute Gasteiger partial charge is 0.256 e. The number of halogens is 1. The molecular weight excluding hydrogens is 409 g/mol. The van der Waals surface area contributed by atoms with E-state index in [1.54, 1.807) is 46.3 Å². The van der Waals surface area contributed by atoms with E-state index in [0.717, 1.165) is 11.3 Å². The zero-order valence-electron chi connectivity index (χ0n) is 16.4. The van der Waals surface area contributed by atoms with Crippen molar-refractivity contribution >= 4 is 21.8 Å². The highest BCUT2D eigenvalue weighted by molar-refractivity contribution is 7.90. The first kappa shape index (κ1) is 20.0. The van der Waals surface area contributed by atoms with Gasteiger partial charge in [0.25, 0.3) is 15.9 Å². The van der Waals surface area contributed by atoms with Gasteiger partial charge in [-0.2, -0.15) is 5.10 Å². The van der Waals surface area contributed by atoms with Crippen molar-refractivity contribution < 1.29 is 17.6 Å². The highest BCUT2D eigenvalue weighted by Gasteiger charge is 2.30. The number of aromatic nitrogens is 2. The molecule has 4 rings (SSSR count). The summed E-state index contributed by atoms with van der Waals surface area (Å²) in [5, 5.41) is 7.23. The van der Waals surface area contributed by atoms with Gasteiger partial charge in [-0.3, -0.25) is 4.79 Å². The van der Waals surface area contributed by atoms with Crippen LogP contribution in [0.25, 0.3) is 5.69 Å². The molecule has 0 radical (unpaired) electrons. The fourth-order valence-corrected chi connectivity index (χ4v) is 4.42. The molecule has 0 bridgehead atoms. The summed E-state index contributed by atoms with van der Waals surface area (Å²) < 4.78 is 42.4. The standard InChI is InChI=1S/C20H20FN5O3S/c1-13(18-12-22-26(14(18)2)16-7-5-15(21)6-8-16)23-20(27)17-4-3-9-25-10-11-30(28,29)24-19(17)25/h3-9,12-13H,10-11H2,1-2H3,(H,23,27). The Morgan fingerprint density at radius 3 is 2.73 bits per heavy atom. The Hall–Kier alpha value is -3.27. The summed E-state index contributed by atoms with van der Waals surface area (Å²) in [5.74, 6) is -0.719. The minimum Gasteiger partial charge on any atom is -0.345 e. The first-order valence-corrected chi connectivity index (χ1v) is 11.0. The minimum atomic E-state index is -3.59. The van der Waals surface area contributed by atoms with Crippen LogP contribution in [0.1, 0.15) is 24.2 Å². The minimum absolute atomic E-state index is 0.0894. The summed E-state index contributed by atoms with van der Waals surface area (Å²) in [6.45, 7) is 3.92. The van der Waals surface area contributed by atoms with E-state index < -0.39 is 22.0 Å². The lowest BCUT2D eigenvalue weighted by Crippen LogP contribution is -2.42. The van der Waals surface area contributed by atoms with Gasteiger partial charge in [-0.25, -0.2) is 17.5 Å². The molecule has 2 aromatic rings. The van der Waals surface area contributed by atoms with Gasteiger partial charge >= 0.3 is 0 Å². The van der Waals surface area contributed by atoms with E-state index in [1.165, 1.54) is 12.1 Å². The molecule has 2 aliphatic heterocycles. The van der Waals surface area contributed by atoms with Crippen LogP contribution in [0, 0.1) is 12.7 Å². The number of fused-ring (bicyclic) bond motifs is 1. The number of nitrogens with zero attached hydrogens (tertiary/aromatic N) is 4. The van der Waals surface area contributed by atoms with Gasteiger partial charge in [0.05, 0.1) is 29.3 Å². The molecule has 0 aliphatic carbocycles. The number of amides is 1. The van der Waals surface area contributed by atoms with Gasteiger partial charge in [0.1, 0.15) is 5.82 Å². The largest absolute Gasteiger partial charge is 0.345 e. The predicted molar refractivity (Wildman–Crippen MR) is 110 cm³/mol. The normalized spacial score (nSPS) is 18.3. The Bertz CT molecular complexity index is 1200. The number of amidine groups is 1. The Morgan fingerprint density at radius 1 is 1.27 bits per heavy atom. The third-order valence-electron chi connectivity index (χ3n) is 5.04. The van der Waals surface area contributed by atoms with Crippen LogP contribution in [0.2, 0.25) is 0 Å². The van der Waals surface area contributed by atoms with E-state index in [-0.39, 0.29) is 29.5 Å². The van der Waals surface area contributed by atoms with Gasteiger partial charge in [0.15, 0.2) is 5.84 Å². The molecule has 3 heterocycles. The lowest BCUT2D eigenvalue weighted by molar-refractivity contribution is -0.117. The third-order valence-corrected chi connectivity index (χ3v) is 6.18. The molecule has 10 heteroatoms. The molecule has 30 heavy (non-hydrogen) atoms. The van der Waals surface area contributed by atoms with Crippen LogP contribution in [0.3, 0.4) is 0 Å². The van der Waals surface area contributed by atoms with E-state index in [1.807, 2.05) is 13.8 Å². The molecule has 0 saturated heterocycles. The topological polar surface area (TPSA) is 96.7 Å². The van der Waals surface area contributed by atoms with Crippen LogP contribution in [-0.4, -0.2) is 47.1 Å². The lowest BCUT2D eigenvalue weighted by atomic mass is 10.1. The van der Waals surface area contributed by atoms with Crippen LogP contribution in [0.4, 0.5) is 4.39 Å². The number of carbonyl (C=O) groups excluding carboxylic acids is 1. The Balaban J connectivity index is 1.56. The number of sulfonamides is 1. The first-order valence-electron chi connectivity index (χ1n) is 9.34. The second-order valence-corrected chi connectivity index (χ2v) is 8.84. The first-order chi connectivity index (χ1) is 14.2. The van der Waals surface area contributed by atoms with Crippen molar-refractivity contribution in [1.82, 2.24) is 20.0 Å². The third kappa shape index (κ3) is 3.78. The molecule has 8 nitrogen and oxygen atoms in total. The van der Waals surface area contributed by atoms with Gasteiger partial charge in [-0.1, -0.05) is 0 Å². The van der Waals surface area contributed by atoms with Crippen molar-refractivity contribution in [3.63, 3.8) is 0 Å². The maximum Gasteiger partial charge on any atom is 0.256 e. The van der Waals surface area contributed by atoms with E-state index in [0.29, 0.717) is 5.69 Å². The van der Waals surface area contributed by atoms with Crippen molar-refractivity contribution in [3.8, 4) is 5.69 Å². The molecule has 1 aromatic heterocycles. The second kappa shape index (κ2) is 7.52. The summed E-state index contributed by atoms with van der Waals surface area (Å²) in [5.41, 5.74) is 2.48. The number of rotatable bonds is 4. The van der Waals surface area contributed by atoms with E-state index in [4.69, 9.17) is 0 Å². The van der Waals surface area contributed by atoms with E-state index in [2.05, 4.69) is 14.8 Å². The molecule has 1 aromatic carbocycles. The second-order valence-electron chi connectivity index (χ2n) is 7.08. The van der Waals surface area contributed by atoms with Crippen molar-refractivity contribution in [2.75, 3.05) is 12.3 Å². The van der Waals surface area contributed by atoms with Gasteiger partial charge < -0.3 is 10.2 Å². The number of hydrogen-bond donors (Lipinski definition) is 1. The molecule has 1 atom stereocenters. The maximum absolute atomic E-state index is 13.2. The number of nitrogens with one attached hydrogen (secondary N) is 1. The molecule has 1 N–H and O–H groups in total. The van der Waals surface area contributed by atoms with Crippen molar-refractivity contribution in [1.29, 1.82) is 0 Å². The van der Waals surface area contributed by atoms with Crippen LogP contribution in [-0.2, 0) is 14.8 Å². The quantitative estimate of drug-likeness (QED) is 0.802. The molecule has 2 aliphatic rings. The summed E-state index contributed by atoms with van der Waals surface area (Å²) in [6, 6.07) is 5.56. The van der Waals surface area contributed by atoms with Crippen LogP contribution >= 0.6 is 0 Å². The van der Waals surface area contributed by atoms with Crippen molar-refractivity contribution in [2.45, 2.75) is 19.9 Å². The van der Waals surface area contributed by atoms with Crippen LogP contribution in [0.5, 0.6) is 0 Å². The molecule has 156 valence electrons. The Morgan fingerprint density at radius 2 is 2.00 bits per heavy atom. The molecule has 1 unspecified atom stereocenters. The fourth-order valence-electron chi connectivity index (χ4n) is 3.44. The van der Waals surface area contributed by atoms with Gasteiger partial charge in [0.2, 0.25) is 0 Å². The van der Waals surface area contributed by atoms with Gasteiger partial charge in [-0.15, -0.1) is 4.40 Å². The zero-order chi connectivity index (χ0) is 21.5. The van der Waals surface area contributed by atoms with Crippen molar-refractivity contribution in [2.24, 2.45) is 4.40 Å². The van der Waals surface area contributed by atoms with Crippen molar-refractivity contribution in [3.05, 3.63) is 71.5 Å². The fraction of sp³-hybridized carbons (Fsp3) is 0.250. The van der Waals surface area contributed by atoms with Gasteiger partial charge in [0, 0.05) is 24.0 Å². The van der Waals surface area contributed by atoms with Gasteiger partial charge in [-0.05, 0) is 50.3 Å². The summed E-state index contributed by atoms with van der Waals surface area (Å²) in [6.07, 6.45) is 6.58. The number of carbonyl (C=O) groups is 1. The monoisotopic (exact) mass is 429 g/mol. The molecule has 0 fully saturated rings. The van der Waals surface area contributed by atoms with E-state index >= 15 is 0 Å². The number of hydrogen-bond acceptors (Lipinski definition) is 5. The van der Waals surface area contributed by atoms with Crippen LogP contribution < -0.4 is 5.32 Å². The van der Waals surface area contributed by atoms with E-state index in [9.17, 15) is 17.6 Å². The molecule has 1 amide bonds. The summed E-state index contributed by atoms with van der Waals surface area (Å²) >= 11 is 0. The lowest BCUT2D eigenvalue weighted by Gasteiger charge is -2.29. The SMILES string of the molecule is Cc1c(C(C)NC(=O)C2=CC=CN3CCS(=O)(=O)N=C23)cnn1-c1ccc(F)cc1. The molecule has 0 spiro atoms. The zero-order valence-corrected chi connectivity index (χ0v) is 17.2. The predicted octanol–water partition coefficient (Wildman–Crippen LogP) is 1.99. The Kier molecular flexibility index (Phi) is 5.02. The summed E-state index contributed by atoms with van der Waals surface area (Å²) in [7, 11) is -3.59. The average molecular weight is 429 g/mol. The summed E-state index contributed by atoms with van der Waals surface area (Å²) in [4.78, 5) is 14.5. The molecular formula is C20H20FN5O3S. The highest BCUT2D eigenvalue weighted by Crippen LogP contribution is 2.22. The number of allylic oxidation sites excluding steroid dienone is 2. The maximum atomic E-state index is 13.2. The highest BCUT2D eigenvalue weighted by atomic mass is 32.2. The average Bonchev–Trinajstić information content (AvgIpc) is 3.09. The van der Waals surface area contributed by atoms with Crippen LogP contribution in [0.15, 0.2) is 58.8 Å². The molecule has 0 saturated carbocycles. The number of benzene rings is 1.